The first-order valence-corrected chi connectivity index (χ1v) is 7.70. The van der Waals surface area contributed by atoms with E-state index in [0.29, 0.717) is 12.1 Å². The van der Waals surface area contributed by atoms with Crippen LogP contribution in [-0.2, 0) is 6.42 Å². The highest BCUT2D eigenvalue weighted by Gasteiger charge is 2.32. The molecule has 1 heterocycles. The predicted octanol–water partition coefficient (Wildman–Crippen LogP) is 3.11. The number of hydrogen-bond acceptors (Lipinski definition) is 2. The van der Waals surface area contributed by atoms with Crippen LogP contribution in [0.3, 0.4) is 0 Å². The third kappa shape index (κ3) is 2.36. The van der Waals surface area contributed by atoms with Crippen LogP contribution in [0.15, 0.2) is 22.7 Å². The number of aryl methyl sites for hydroxylation is 1. The average Bonchev–Trinajstić information content (AvgIpc) is 2.70. The predicted molar refractivity (Wildman–Crippen MR) is 78.5 cm³/mol. The van der Waals surface area contributed by atoms with Crippen molar-refractivity contribution < 1.29 is 0 Å². The van der Waals surface area contributed by atoms with E-state index in [4.69, 9.17) is 5.73 Å². The summed E-state index contributed by atoms with van der Waals surface area (Å²) < 4.78 is 1.20. The van der Waals surface area contributed by atoms with Crippen molar-refractivity contribution in [1.82, 2.24) is 4.90 Å². The van der Waals surface area contributed by atoms with Gasteiger partial charge in [-0.05, 0) is 48.4 Å². The van der Waals surface area contributed by atoms with Gasteiger partial charge in [0.15, 0.2) is 0 Å². The molecule has 0 saturated carbocycles. The molecule has 0 amide bonds. The van der Waals surface area contributed by atoms with Crippen LogP contribution in [0.4, 0.5) is 0 Å². The van der Waals surface area contributed by atoms with Gasteiger partial charge in [-0.3, -0.25) is 4.90 Å². The molecule has 2 aliphatic rings. The highest BCUT2D eigenvalue weighted by Crippen LogP contribution is 2.38. The van der Waals surface area contributed by atoms with Gasteiger partial charge in [-0.2, -0.15) is 0 Å². The molecule has 3 heteroatoms. The molecule has 1 saturated heterocycles. The van der Waals surface area contributed by atoms with Crippen LogP contribution < -0.4 is 5.73 Å². The van der Waals surface area contributed by atoms with Crippen LogP contribution >= 0.6 is 15.9 Å². The summed E-state index contributed by atoms with van der Waals surface area (Å²) in [6.07, 6.45) is 3.64. The lowest BCUT2D eigenvalue weighted by atomic mass is 9.94. The Hall–Kier alpha value is -0.380. The number of nitrogens with zero attached hydrogens (tertiary/aromatic N) is 1. The molecule has 0 radical (unpaired) electrons. The Morgan fingerprint density at radius 2 is 2.17 bits per heavy atom. The fourth-order valence-corrected chi connectivity index (χ4v) is 4.05. The molecule has 2 nitrogen and oxygen atoms in total. The van der Waals surface area contributed by atoms with Gasteiger partial charge in [0.1, 0.15) is 0 Å². The van der Waals surface area contributed by atoms with Gasteiger partial charge >= 0.3 is 0 Å². The molecule has 0 bridgehead atoms. The third-order valence-corrected chi connectivity index (χ3v) is 4.81. The monoisotopic (exact) mass is 308 g/mol. The molecule has 3 atom stereocenters. The number of halogens is 1. The molecule has 98 valence electrons. The zero-order valence-corrected chi connectivity index (χ0v) is 12.5. The van der Waals surface area contributed by atoms with Gasteiger partial charge in [0.2, 0.25) is 0 Å². The second kappa shape index (κ2) is 4.95. The summed E-state index contributed by atoms with van der Waals surface area (Å²) in [6, 6.07) is 7.70. The van der Waals surface area contributed by atoms with Crippen molar-refractivity contribution in [2.24, 2.45) is 11.7 Å². The van der Waals surface area contributed by atoms with Gasteiger partial charge in [-0.25, -0.2) is 0 Å². The van der Waals surface area contributed by atoms with Crippen molar-refractivity contribution >= 4 is 15.9 Å². The van der Waals surface area contributed by atoms with E-state index in [1.54, 1.807) is 0 Å². The van der Waals surface area contributed by atoms with Crippen molar-refractivity contribution in [2.75, 3.05) is 13.1 Å². The molecule has 0 spiro atoms. The van der Waals surface area contributed by atoms with E-state index in [1.807, 2.05) is 0 Å². The molecule has 0 aromatic heterocycles. The maximum Gasteiger partial charge on any atom is 0.0354 e. The number of rotatable bonds is 1. The second-order valence-corrected chi connectivity index (χ2v) is 6.87. The zero-order valence-electron chi connectivity index (χ0n) is 10.9. The Morgan fingerprint density at radius 1 is 1.33 bits per heavy atom. The van der Waals surface area contributed by atoms with E-state index in [9.17, 15) is 0 Å². The molecular formula is C15H21BrN2. The maximum absolute atomic E-state index is 6.18. The fraction of sp³-hybridized carbons (Fsp3) is 0.600. The van der Waals surface area contributed by atoms with Crippen LogP contribution in [0, 0.1) is 5.92 Å². The quantitative estimate of drug-likeness (QED) is 0.864. The molecule has 3 unspecified atom stereocenters. The third-order valence-electron chi connectivity index (χ3n) is 4.31. The van der Waals surface area contributed by atoms with Gasteiger partial charge < -0.3 is 5.73 Å². The first-order valence-electron chi connectivity index (χ1n) is 6.91. The molecule has 1 aromatic carbocycles. The lowest BCUT2D eigenvalue weighted by Gasteiger charge is -2.39. The summed E-state index contributed by atoms with van der Waals surface area (Å²) in [5.41, 5.74) is 9.22. The number of benzene rings is 1. The number of hydrogen-bond donors (Lipinski definition) is 1. The molecule has 2 N–H and O–H groups in total. The van der Waals surface area contributed by atoms with Gasteiger partial charge in [0.25, 0.3) is 0 Å². The topological polar surface area (TPSA) is 29.3 Å². The summed E-state index contributed by atoms with van der Waals surface area (Å²) >= 11 is 3.57. The fourth-order valence-electron chi connectivity index (χ4n) is 3.64. The van der Waals surface area contributed by atoms with Crippen molar-refractivity contribution in [3.05, 3.63) is 33.8 Å². The molecule has 18 heavy (non-hydrogen) atoms. The number of likely N-dealkylation sites (tertiary alicyclic amines) is 1. The van der Waals surface area contributed by atoms with E-state index in [0.717, 1.165) is 12.5 Å². The summed E-state index contributed by atoms with van der Waals surface area (Å²) in [6.45, 7) is 4.59. The highest BCUT2D eigenvalue weighted by molar-refractivity contribution is 9.10. The lowest BCUT2D eigenvalue weighted by Crippen LogP contribution is -2.47. The van der Waals surface area contributed by atoms with Gasteiger partial charge in [-0.15, -0.1) is 0 Å². The van der Waals surface area contributed by atoms with Crippen LogP contribution in [0.25, 0.3) is 0 Å². The standard InChI is InChI=1S/C15H21BrN2/c1-10-6-13(17)9-18(8-10)15-5-2-11-7-12(16)3-4-14(11)15/h3-4,7,10,13,15H,2,5-6,8-9,17H2,1H3. The van der Waals surface area contributed by atoms with Crippen molar-refractivity contribution in [3.8, 4) is 0 Å². The van der Waals surface area contributed by atoms with E-state index in [1.165, 1.54) is 41.4 Å². The summed E-state index contributed by atoms with van der Waals surface area (Å²) in [5, 5.41) is 0. The van der Waals surface area contributed by atoms with E-state index < -0.39 is 0 Å². The van der Waals surface area contributed by atoms with Crippen LogP contribution in [-0.4, -0.2) is 24.0 Å². The maximum atomic E-state index is 6.18. The Labute approximate surface area is 118 Å². The second-order valence-electron chi connectivity index (χ2n) is 5.95. The molecule has 1 aromatic rings. The normalized spacial score (nSPS) is 32.5. The minimum Gasteiger partial charge on any atom is -0.327 e. The Balaban J connectivity index is 1.83. The lowest BCUT2D eigenvalue weighted by molar-refractivity contribution is 0.115. The summed E-state index contributed by atoms with van der Waals surface area (Å²) in [4.78, 5) is 2.61. The van der Waals surface area contributed by atoms with E-state index >= 15 is 0 Å². The van der Waals surface area contributed by atoms with Crippen LogP contribution in [0.2, 0.25) is 0 Å². The van der Waals surface area contributed by atoms with Crippen LogP contribution in [0.1, 0.15) is 36.9 Å². The minimum atomic E-state index is 0.355. The zero-order chi connectivity index (χ0) is 12.7. The molecule has 1 aliphatic heterocycles. The Kier molecular flexibility index (Phi) is 3.48. The molecule has 3 rings (SSSR count). The minimum absolute atomic E-state index is 0.355. The smallest absolute Gasteiger partial charge is 0.0354 e. The van der Waals surface area contributed by atoms with Gasteiger partial charge in [0.05, 0.1) is 0 Å². The SMILES string of the molecule is CC1CC(N)CN(C2CCc3cc(Br)ccc32)C1. The van der Waals surface area contributed by atoms with Crippen LogP contribution in [0.5, 0.6) is 0 Å². The molecule has 1 aliphatic carbocycles. The van der Waals surface area contributed by atoms with Crippen molar-refractivity contribution in [1.29, 1.82) is 0 Å². The van der Waals surface area contributed by atoms with E-state index in [-0.39, 0.29) is 0 Å². The van der Waals surface area contributed by atoms with Crippen molar-refractivity contribution in [2.45, 2.75) is 38.3 Å². The number of nitrogens with two attached hydrogens (primary N) is 1. The first-order chi connectivity index (χ1) is 8.63. The number of piperidine rings is 1. The largest absolute Gasteiger partial charge is 0.327 e. The Morgan fingerprint density at radius 3 is 2.94 bits per heavy atom. The number of fused-ring (bicyclic) bond motifs is 1. The Bertz CT molecular complexity index is 436. The van der Waals surface area contributed by atoms with Crippen molar-refractivity contribution in [3.63, 3.8) is 0 Å². The van der Waals surface area contributed by atoms with Gasteiger partial charge in [-0.1, -0.05) is 28.9 Å². The summed E-state index contributed by atoms with van der Waals surface area (Å²) in [5.74, 6) is 0.730. The highest BCUT2D eigenvalue weighted by atomic mass is 79.9. The first kappa shape index (κ1) is 12.6. The summed E-state index contributed by atoms with van der Waals surface area (Å²) in [7, 11) is 0. The molecular weight excluding hydrogens is 288 g/mol. The molecule has 1 fully saturated rings. The van der Waals surface area contributed by atoms with Gasteiger partial charge in [0, 0.05) is 29.6 Å². The average molecular weight is 309 g/mol. The van der Waals surface area contributed by atoms with E-state index in [2.05, 4.69) is 46.0 Å².